The Kier molecular flexibility index (Phi) is 5.81. The van der Waals surface area contributed by atoms with Crippen LogP contribution in [0.25, 0.3) is 16.5 Å². The molecule has 0 radical (unpaired) electrons. The number of aromatic nitrogens is 1. The molecule has 0 aliphatic carbocycles. The molecule has 3 aromatic carbocycles. The lowest BCUT2D eigenvalue weighted by Gasteiger charge is -2.20. The molecule has 0 bridgehead atoms. The maximum Gasteiger partial charge on any atom is 0.275 e. The number of aromatic hydroxyl groups is 1. The number of aryl methyl sites for hydroxylation is 1. The van der Waals surface area contributed by atoms with Gasteiger partial charge >= 0.3 is 0 Å². The lowest BCUT2D eigenvalue weighted by atomic mass is 9.87. The first-order chi connectivity index (χ1) is 15.6. The van der Waals surface area contributed by atoms with Crippen LogP contribution in [0.1, 0.15) is 53.6 Å². The van der Waals surface area contributed by atoms with Gasteiger partial charge in [0.15, 0.2) is 0 Å². The topological polar surface area (TPSA) is 66.6 Å². The molecule has 0 spiro atoms. The molecular formula is C28H29N3O2. The largest absolute Gasteiger partial charge is 0.507 e. The Bertz CT molecular complexity index is 1360. The molecule has 1 aromatic heterocycles. The number of phenolic OH excluding ortho intramolecular Hbond substituents is 1. The molecule has 4 rings (SSSR count). The Hall–Kier alpha value is -3.86. The second kappa shape index (κ2) is 8.58. The van der Waals surface area contributed by atoms with Crippen molar-refractivity contribution in [3.8, 4) is 11.4 Å². The molecule has 4 aromatic rings. The molecule has 0 fully saturated rings. The predicted octanol–water partition coefficient (Wildman–Crippen LogP) is 6.01. The summed E-state index contributed by atoms with van der Waals surface area (Å²) in [6.07, 6.45) is 1.64. The van der Waals surface area contributed by atoms with Crippen LogP contribution in [0.4, 0.5) is 0 Å². The Morgan fingerprint density at radius 1 is 0.970 bits per heavy atom. The number of nitrogens with one attached hydrogen (secondary N) is 1. The van der Waals surface area contributed by atoms with Gasteiger partial charge in [-0.3, -0.25) is 4.79 Å². The first-order valence-electron chi connectivity index (χ1n) is 11.0. The van der Waals surface area contributed by atoms with Crippen LogP contribution in [-0.4, -0.2) is 21.8 Å². The van der Waals surface area contributed by atoms with Crippen LogP contribution in [-0.2, 0) is 5.41 Å². The first-order valence-corrected chi connectivity index (χ1v) is 11.0. The highest BCUT2D eigenvalue weighted by Gasteiger charge is 2.15. The van der Waals surface area contributed by atoms with Crippen LogP contribution in [0.15, 0.2) is 71.8 Å². The number of rotatable bonds is 4. The van der Waals surface area contributed by atoms with Crippen LogP contribution in [0.5, 0.6) is 5.75 Å². The summed E-state index contributed by atoms with van der Waals surface area (Å²) in [7, 11) is 0. The number of hydrogen-bond donors (Lipinski definition) is 2. The van der Waals surface area contributed by atoms with Crippen molar-refractivity contribution in [1.82, 2.24) is 9.99 Å². The van der Waals surface area contributed by atoms with E-state index in [-0.39, 0.29) is 16.7 Å². The summed E-state index contributed by atoms with van der Waals surface area (Å²) >= 11 is 0. The van der Waals surface area contributed by atoms with E-state index in [0.717, 1.165) is 33.4 Å². The van der Waals surface area contributed by atoms with Gasteiger partial charge in [-0.15, -0.1) is 0 Å². The standard InChI is InChI=1S/C28H29N3O2/c1-18-14-22(19(2)31(18)24-12-10-23(11-13-24)28(3,4)5)17-29-30-27(33)25-15-20-8-6-7-9-21(20)16-26(25)32/h6-17,32H,1-5H3,(H,30,33). The van der Waals surface area contributed by atoms with Crippen molar-refractivity contribution in [2.75, 3.05) is 0 Å². The highest BCUT2D eigenvalue weighted by molar-refractivity contribution is 6.01. The number of fused-ring (bicyclic) bond motifs is 1. The molecule has 2 N–H and O–H groups in total. The van der Waals surface area contributed by atoms with E-state index in [9.17, 15) is 9.90 Å². The van der Waals surface area contributed by atoms with Gasteiger partial charge in [0.05, 0.1) is 11.8 Å². The maximum atomic E-state index is 12.6. The third-order valence-corrected chi connectivity index (χ3v) is 5.94. The average molecular weight is 440 g/mol. The molecule has 0 saturated heterocycles. The lowest BCUT2D eigenvalue weighted by Crippen LogP contribution is -2.17. The molecule has 5 nitrogen and oxygen atoms in total. The van der Waals surface area contributed by atoms with Crippen LogP contribution < -0.4 is 5.43 Å². The van der Waals surface area contributed by atoms with E-state index in [2.05, 4.69) is 60.1 Å². The molecule has 5 heteroatoms. The smallest absolute Gasteiger partial charge is 0.275 e. The molecule has 1 amide bonds. The van der Waals surface area contributed by atoms with E-state index in [1.807, 2.05) is 44.2 Å². The molecule has 33 heavy (non-hydrogen) atoms. The zero-order valence-corrected chi connectivity index (χ0v) is 19.7. The minimum atomic E-state index is -0.457. The SMILES string of the molecule is Cc1cc(C=NNC(=O)c2cc3ccccc3cc2O)c(C)n1-c1ccc(C(C)(C)C)cc1. The van der Waals surface area contributed by atoms with Gasteiger partial charge in [-0.05, 0) is 65.9 Å². The van der Waals surface area contributed by atoms with Crippen molar-refractivity contribution < 1.29 is 9.90 Å². The number of carbonyl (C=O) groups excluding carboxylic acids is 1. The van der Waals surface area contributed by atoms with Crippen LogP contribution in [0.2, 0.25) is 0 Å². The van der Waals surface area contributed by atoms with E-state index in [1.54, 1.807) is 18.3 Å². The second-order valence-corrected chi connectivity index (χ2v) is 9.37. The van der Waals surface area contributed by atoms with Crippen molar-refractivity contribution in [3.63, 3.8) is 0 Å². The molecule has 0 saturated carbocycles. The third kappa shape index (κ3) is 4.53. The highest BCUT2D eigenvalue weighted by Crippen LogP contribution is 2.26. The van der Waals surface area contributed by atoms with Crippen molar-refractivity contribution in [2.24, 2.45) is 5.10 Å². The van der Waals surface area contributed by atoms with Gasteiger partial charge in [0.25, 0.3) is 5.91 Å². The summed E-state index contributed by atoms with van der Waals surface area (Å²) in [5, 5.41) is 16.2. The van der Waals surface area contributed by atoms with E-state index >= 15 is 0 Å². The summed E-state index contributed by atoms with van der Waals surface area (Å²) in [6, 6.07) is 21.5. The molecule has 0 aliphatic heterocycles. The normalized spacial score (nSPS) is 11.9. The van der Waals surface area contributed by atoms with Crippen LogP contribution in [0.3, 0.4) is 0 Å². The number of benzene rings is 3. The van der Waals surface area contributed by atoms with Gasteiger partial charge in [0, 0.05) is 22.6 Å². The minimum absolute atomic E-state index is 0.0710. The second-order valence-electron chi connectivity index (χ2n) is 9.37. The van der Waals surface area contributed by atoms with Gasteiger partial charge < -0.3 is 9.67 Å². The summed E-state index contributed by atoms with van der Waals surface area (Å²) in [5.41, 5.74) is 8.23. The summed E-state index contributed by atoms with van der Waals surface area (Å²) in [6.45, 7) is 10.7. The average Bonchev–Trinajstić information content (AvgIpc) is 3.05. The molecular weight excluding hydrogens is 410 g/mol. The van der Waals surface area contributed by atoms with Crippen molar-refractivity contribution in [3.05, 3.63) is 94.8 Å². The quantitative estimate of drug-likeness (QED) is 0.302. The van der Waals surface area contributed by atoms with Crippen molar-refractivity contribution >= 4 is 22.9 Å². The fourth-order valence-electron chi connectivity index (χ4n) is 4.06. The number of hydrazone groups is 1. The van der Waals surface area contributed by atoms with Gasteiger partial charge in [-0.25, -0.2) is 5.43 Å². The van der Waals surface area contributed by atoms with Crippen molar-refractivity contribution in [2.45, 2.75) is 40.0 Å². The fourth-order valence-corrected chi connectivity index (χ4v) is 4.06. The third-order valence-electron chi connectivity index (χ3n) is 5.94. The van der Waals surface area contributed by atoms with E-state index in [1.165, 1.54) is 5.56 Å². The van der Waals surface area contributed by atoms with Gasteiger partial charge in [0.1, 0.15) is 5.75 Å². The van der Waals surface area contributed by atoms with E-state index in [4.69, 9.17) is 0 Å². The Morgan fingerprint density at radius 3 is 2.24 bits per heavy atom. The summed E-state index contributed by atoms with van der Waals surface area (Å²) in [4.78, 5) is 12.6. The lowest BCUT2D eigenvalue weighted by molar-refractivity contribution is 0.0952. The zero-order chi connectivity index (χ0) is 23.8. The number of carbonyl (C=O) groups is 1. The Balaban J connectivity index is 1.54. The Labute approximate surface area is 194 Å². The summed E-state index contributed by atoms with van der Waals surface area (Å²) in [5.74, 6) is -0.528. The van der Waals surface area contributed by atoms with E-state index < -0.39 is 5.91 Å². The van der Waals surface area contributed by atoms with Gasteiger partial charge in [-0.1, -0.05) is 57.2 Å². The fraction of sp³-hybridized carbons (Fsp3) is 0.214. The zero-order valence-electron chi connectivity index (χ0n) is 19.7. The Morgan fingerprint density at radius 2 is 1.61 bits per heavy atom. The molecule has 0 unspecified atom stereocenters. The number of hydrogen-bond acceptors (Lipinski definition) is 3. The number of phenols is 1. The maximum absolute atomic E-state index is 12.6. The molecule has 0 atom stereocenters. The minimum Gasteiger partial charge on any atom is -0.507 e. The number of nitrogens with zero attached hydrogens (tertiary/aromatic N) is 2. The van der Waals surface area contributed by atoms with Crippen molar-refractivity contribution in [1.29, 1.82) is 0 Å². The number of amides is 1. The van der Waals surface area contributed by atoms with Gasteiger partial charge in [0.2, 0.25) is 0 Å². The van der Waals surface area contributed by atoms with Crippen LogP contribution >= 0.6 is 0 Å². The highest BCUT2D eigenvalue weighted by atomic mass is 16.3. The molecule has 1 heterocycles. The van der Waals surface area contributed by atoms with Gasteiger partial charge in [-0.2, -0.15) is 5.10 Å². The summed E-state index contributed by atoms with van der Waals surface area (Å²) < 4.78 is 2.17. The first kappa shape index (κ1) is 22.3. The van der Waals surface area contributed by atoms with Crippen LogP contribution in [0, 0.1) is 13.8 Å². The van der Waals surface area contributed by atoms with E-state index in [0.29, 0.717) is 0 Å². The monoisotopic (exact) mass is 439 g/mol. The molecule has 0 aliphatic rings. The molecule has 168 valence electrons. The predicted molar refractivity (Wildman–Crippen MR) is 135 cm³/mol.